The lowest BCUT2D eigenvalue weighted by Gasteiger charge is -2.08. The summed E-state index contributed by atoms with van der Waals surface area (Å²) in [6, 6.07) is 4.15. The monoisotopic (exact) mass is 247 g/mol. The van der Waals surface area contributed by atoms with Crippen molar-refractivity contribution in [3.8, 4) is 5.69 Å². The molecule has 1 amide bonds. The first-order valence-corrected chi connectivity index (χ1v) is 5.58. The van der Waals surface area contributed by atoms with E-state index < -0.39 is 5.82 Å². The molecule has 0 spiro atoms. The molecule has 92 valence electrons. The van der Waals surface area contributed by atoms with Crippen LogP contribution in [-0.4, -0.2) is 32.2 Å². The van der Waals surface area contributed by atoms with Gasteiger partial charge < -0.3 is 5.32 Å². The predicted octanol–water partition coefficient (Wildman–Crippen LogP) is 0.694. The molecular formula is C11H10FN5O. The second-order valence-corrected chi connectivity index (χ2v) is 4.16. The summed E-state index contributed by atoms with van der Waals surface area (Å²) < 4.78 is 14.6. The quantitative estimate of drug-likeness (QED) is 0.866. The van der Waals surface area contributed by atoms with Crippen LogP contribution in [0.2, 0.25) is 0 Å². The molecule has 0 unspecified atom stereocenters. The van der Waals surface area contributed by atoms with Gasteiger partial charge in [0.05, 0.1) is 11.3 Å². The van der Waals surface area contributed by atoms with E-state index in [2.05, 4.69) is 20.8 Å². The lowest BCUT2D eigenvalue weighted by atomic mass is 10.1. The van der Waals surface area contributed by atoms with E-state index in [1.165, 1.54) is 29.2 Å². The normalized spacial score (nSPS) is 14.5. The Morgan fingerprint density at radius 3 is 2.94 bits per heavy atom. The average molecular weight is 247 g/mol. The average Bonchev–Trinajstić information content (AvgIpc) is 3.01. The number of nitrogens with one attached hydrogen (secondary N) is 1. The van der Waals surface area contributed by atoms with Crippen molar-refractivity contribution in [1.29, 1.82) is 0 Å². The second kappa shape index (κ2) is 4.17. The van der Waals surface area contributed by atoms with E-state index in [-0.39, 0.29) is 17.5 Å². The smallest absolute Gasteiger partial charge is 0.253 e. The first-order valence-electron chi connectivity index (χ1n) is 5.58. The van der Waals surface area contributed by atoms with E-state index in [0.29, 0.717) is 5.69 Å². The highest BCUT2D eigenvalue weighted by Gasteiger charge is 2.25. The number of aromatic nitrogens is 4. The molecule has 3 rings (SSSR count). The number of benzene rings is 1. The van der Waals surface area contributed by atoms with Crippen LogP contribution < -0.4 is 5.32 Å². The first-order chi connectivity index (χ1) is 8.74. The summed E-state index contributed by atoms with van der Waals surface area (Å²) in [5.74, 6) is -0.768. The molecule has 1 aliphatic rings. The highest BCUT2D eigenvalue weighted by Crippen LogP contribution is 2.21. The number of amides is 1. The van der Waals surface area contributed by atoms with Crippen molar-refractivity contribution < 1.29 is 9.18 Å². The minimum Gasteiger partial charge on any atom is -0.349 e. The molecule has 18 heavy (non-hydrogen) atoms. The summed E-state index contributed by atoms with van der Waals surface area (Å²) in [4.78, 5) is 12.0. The second-order valence-electron chi connectivity index (χ2n) is 4.16. The molecule has 1 saturated carbocycles. The number of carbonyl (C=O) groups excluding carboxylic acids is 1. The zero-order chi connectivity index (χ0) is 12.5. The molecule has 7 heteroatoms. The summed E-state index contributed by atoms with van der Waals surface area (Å²) in [5, 5.41) is 13.5. The molecule has 1 N–H and O–H groups in total. The highest BCUT2D eigenvalue weighted by atomic mass is 19.1. The van der Waals surface area contributed by atoms with Gasteiger partial charge in [-0.3, -0.25) is 4.79 Å². The maximum atomic E-state index is 13.3. The van der Waals surface area contributed by atoms with Crippen LogP contribution in [0.15, 0.2) is 24.5 Å². The molecule has 0 radical (unpaired) electrons. The Kier molecular flexibility index (Phi) is 2.51. The molecule has 0 saturated heterocycles. The predicted molar refractivity (Wildman–Crippen MR) is 59.6 cm³/mol. The summed E-state index contributed by atoms with van der Waals surface area (Å²) >= 11 is 0. The van der Waals surface area contributed by atoms with Gasteiger partial charge in [-0.2, -0.15) is 4.68 Å². The first kappa shape index (κ1) is 10.8. The van der Waals surface area contributed by atoms with Gasteiger partial charge in [-0.1, -0.05) is 0 Å². The van der Waals surface area contributed by atoms with E-state index in [0.717, 1.165) is 12.8 Å². The van der Waals surface area contributed by atoms with Crippen molar-refractivity contribution in [1.82, 2.24) is 25.5 Å². The van der Waals surface area contributed by atoms with E-state index in [4.69, 9.17) is 0 Å². The molecular weight excluding hydrogens is 237 g/mol. The molecule has 0 bridgehead atoms. The summed E-state index contributed by atoms with van der Waals surface area (Å²) in [6.07, 6.45) is 3.31. The third-order valence-electron chi connectivity index (χ3n) is 2.71. The maximum Gasteiger partial charge on any atom is 0.253 e. The van der Waals surface area contributed by atoms with Crippen LogP contribution in [0, 0.1) is 5.82 Å². The fraction of sp³-hybridized carbons (Fsp3) is 0.273. The number of halogens is 1. The van der Waals surface area contributed by atoms with Crippen molar-refractivity contribution in [3.05, 3.63) is 35.9 Å². The number of hydrogen-bond acceptors (Lipinski definition) is 4. The highest BCUT2D eigenvalue weighted by molar-refractivity contribution is 5.98. The van der Waals surface area contributed by atoms with Crippen LogP contribution in [0.25, 0.3) is 5.69 Å². The lowest BCUT2D eigenvalue weighted by molar-refractivity contribution is 0.0950. The Hall–Kier alpha value is -2.31. The summed E-state index contributed by atoms with van der Waals surface area (Å²) in [6.45, 7) is 0. The third kappa shape index (κ3) is 2.06. The van der Waals surface area contributed by atoms with Gasteiger partial charge in [0.1, 0.15) is 12.1 Å². The molecule has 1 fully saturated rings. The van der Waals surface area contributed by atoms with Crippen LogP contribution in [-0.2, 0) is 0 Å². The summed E-state index contributed by atoms with van der Waals surface area (Å²) in [5.41, 5.74) is 0.689. The SMILES string of the molecule is O=C(NC1CC1)c1cc(F)ccc1-n1cnnn1. The zero-order valence-corrected chi connectivity index (χ0v) is 9.38. The van der Waals surface area contributed by atoms with Crippen LogP contribution in [0.3, 0.4) is 0 Å². The van der Waals surface area contributed by atoms with E-state index >= 15 is 0 Å². The van der Waals surface area contributed by atoms with Crippen molar-refractivity contribution >= 4 is 5.91 Å². The van der Waals surface area contributed by atoms with Crippen molar-refractivity contribution in [2.24, 2.45) is 0 Å². The maximum absolute atomic E-state index is 13.3. The summed E-state index contributed by atoms with van der Waals surface area (Å²) in [7, 11) is 0. The Balaban J connectivity index is 1.99. The van der Waals surface area contributed by atoms with Crippen LogP contribution in [0.4, 0.5) is 4.39 Å². The largest absolute Gasteiger partial charge is 0.349 e. The molecule has 2 aromatic rings. The van der Waals surface area contributed by atoms with E-state index in [1.54, 1.807) is 0 Å². The number of hydrogen-bond donors (Lipinski definition) is 1. The van der Waals surface area contributed by atoms with E-state index in [9.17, 15) is 9.18 Å². The van der Waals surface area contributed by atoms with Gasteiger partial charge in [0, 0.05) is 6.04 Å². The van der Waals surface area contributed by atoms with Gasteiger partial charge in [0.15, 0.2) is 0 Å². The third-order valence-corrected chi connectivity index (χ3v) is 2.71. The molecule has 0 atom stereocenters. The number of tetrazole rings is 1. The van der Waals surface area contributed by atoms with Crippen molar-refractivity contribution in [2.75, 3.05) is 0 Å². The number of nitrogens with zero attached hydrogens (tertiary/aromatic N) is 4. The minimum absolute atomic E-state index is 0.211. The van der Waals surface area contributed by atoms with E-state index in [1.807, 2.05) is 0 Å². The van der Waals surface area contributed by atoms with Crippen molar-refractivity contribution in [2.45, 2.75) is 18.9 Å². The van der Waals surface area contributed by atoms with Gasteiger partial charge in [0.25, 0.3) is 5.91 Å². The molecule has 1 heterocycles. The Labute approximate surface area is 102 Å². The van der Waals surface area contributed by atoms with Gasteiger partial charge in [-0.15, -0.1) is 5.10 Å². The molecule has 0 aliphatic heterocycles. The Bertz CT molecular complexity index is 579. The number of carbonyl (C=O) groups is 1. The lowest BCUT2D eigenvalue weighted by Crippen LogP contribution is -2.26. The zero-order valence-electron chi connectivity index (χ0n) is 9.38. The van der Waals surface area contributed by atoms with Crippen LogP contribution in [0.1, 0.15) is 23.2 Å². The fourth-order valence-electron chi connectivity index (χ4n) is 1.65. The van der Waals surface area contributed by atoms with Crippen molar-refractivity contribution in [3.63, 3.8) is 0 Å². The minimum atomic E-state index is -0.465. The molecule has 1 aromatic heterocycles. The Morgan fingerprint density at radius 1 is 1.44 bits per heavy atom. The fourth-order valence-corrected chi connectivity index (χ4v) is 1.65. The van der Waals surface area contributed by atoms with Gasteiger partial charge in [0.2, 0.25) is 0 Å². The van der Waals surface area contributed by atoms with Gasteiger partial charge >= 0.3 is 0 Å². The topological polar surface area (TPSA) is 72.7 Å². The Morgan fingerprint density at radius 2 is 2.28 bits per heavy atom. The number of rotatable bonds is 3. The molecule has 6 nitrogen and oxygen atoms in total. The van der Waals surface area contributed by atoms with Crippen LogP contribution >= 0.6 is 0 Å². The molecule has 1 aliphatic carbocycles. The molecule has 1 aromatic carbocycles. The van der Waals surface area contributed by atoms with Gasteiger partial charge in [-0.25, -0.2) is 4.39 Å². The standard InChI is InChI=1S/C11H10FN5O/c12-7-1-4-10(17-6-13-15-16-17)9(5-7)11(18)14-8-2-3-8/h1,4-6,8H,2-3H2,(H,14,18). The van der Waals surface area contributed by atoms with Gasteiger partial charge in [-0.05, 0) is 41.5 Å². The van der Waals surface area contributed by atoms with Crippen LogP contribution in [0.5, 0.6) is 0 Å².